The Balaban J connectivity index is 2.20. The fraction of sp³-hybridized carbons (Fsp3) is 0.692. The third kappa shape index (κ3) is 2.27. The third-order valence-corrected chi connectivity index (χ3v) is 3.79. The molecule has 2 rings (SSSR count). The lowest BCUT2D eigenvalue weighted by atomic mass is 9.98. The van der Waals surface area contributed by atoms with Gasteiger partial charge in [-0.15, -0.1) is 0 Å². The predicted octanol–water partition coefficient (Wildman–Crippen LogP) is 0.881. The van der Waals surface area contributed by atoms with E-state index in [0.717, 1.165) is 36.3 Å². The summed E-state index contributed by atoms with van der Waals surface area (Å²) >= 11 is 0. The molecule has 18 heavy (non-hydrogen) atoms. The number of carbonyl (C=O) groups is 1. The van der Waals surface area contributed by atoms with E-state index >= 15 is 0 Å². The SMILES string of the molecule is Cc1nn(C)c(C)c1C(=O)N1CCCC(CO)C1. The molecule has 1 aliphatic rings. The smallest absolute Gasteiger partial charge is 0.257 e. The summed E-state index contributed by atoms with van der Waals surface area (Å²) in [6.07, 6.45) is 1.97. The number of amides is 1. The van der Waals surface area contributed by atoms with Crippen LogP contribution in [0.4, 0.5) is 0 Å². The summed E-state index contributed by atoms with van der Waals surface area (Å²) < 4.78 is 1.75. The number of aliphatic hydroxyl groups excluding tert-OH is 1. The minimum absolute atomic E-state index is 0.0521. The largest absolute Gasteiger partial charge is 0.396 e. The van der Waals surface area contributed by atoms with Gasteiger partial charge in [-0.25, -0.2) is 0 Å². The first-order valence-corrected chi connectivity index (χ1v) is 6.45. The van der Waals surface area contributed by atoms with Crippen molar-refractivity contribution in [2.24, 2.45) is 13.0 Å². The fourth-order valence-electron chi connectivity index (χ4n) is 2.64. The van der Waals surface area contributed by atoms with Crippen molar-refractivity contribution in [2.45, 2.75) is 26.7 Å². The van der Waals surface area contributed by atoms with E-state index < -0.39 is 0 Å². The highest BCUT2D eigenvalue weighted by Gasteiger charge is 2.27. The molecule has 0 radical (unpaired) electrons. The Morgan fingerprint density at radius 3 is 2.78 bits per heavy atom. The summed E-state index contributed by atoms with van der Waals surface area (Å²) in [5.41, 5.74) is 2.41. The van der Waals surface area contributed by atoms with E-state index in [1.165, 1.54) is 0 Å². The van der Waals surface area contributed by atoms with Crippen molar-refractivity contribution in [3.05, 3.63) is 17.0 Å². The molecule has 1 aromatic rings. The highest BCUT2D eigenvalue weighted by molar-refractivity contribution is 5.96. The van der Waals surface area contributed by atoms with Gasteiger partial charge in [0.15, 0.2) is 0 Å². The minimum Gasteiger partial charge on any atom is -0.396 e. The molecule has 1 aromatic heterocycles. The van der Waals surface area contributed by atoms with Crippen molar-refractivity contribution in [3.8, 4) is 0 Å². The number of aliphatic hydroxyl groups is 1. The van der Waals surface area contributed by atoms with Crippen LogP contribution >= 0.6 is 0 Å². The molecule has 100 valence electrons. The third-order valence-electron chi connectivity index (χ3n) is 3.79. The molecular formula is C13H21N3O2. The van der Waals surface area contributed by atoms with E-state index in [-0.39, 0.29) is 18.4 Å². The molecule has 1 atom stereocenters. The predicted molar refractivity (Wildman–Crippen MR) is 68.4 cm³/mol. The molecule has 5 heteroatoms. The average Bonchev–Trinajstić information content (AvgIpc) is 2.62. The van der Waals surface area contributed by atoms with Crippen molar-refractivity contribution in [1.82, 2.24) is 14.7 Å². The molecule has 1 saturated heterocycles. The molecule has 0 aromatic carbocycles. The Hall–Kier alpha value is -1.36. The molecule has 1 unspecified atom stereocenters. The Bertz CT molecular complexity index is 453. The number of aromatic nitrogens is 2. The molecule has 1 aliphatic heterocycles. The summed E-state index contributed by atoms with van der Waals surface area (Å²) in [4.78, 5) is 14.4. The molecule has 2 heterocycles. The van der Waals surface area contributed by atoms with E-state index in [0.29, 0.717) is 6.54 Å². The highest BCUT2D eigenvalue weighted by Crippen LogP contribution is 2.21. The van der Waals surface area contributed by atoms with Gasteiger partial charge in [-0.3, -0.25) is 9.48 Å². The average molecular weight is 251 g/mol. The number of carbonyl (C=O) groups excluding carboxylic acids is 1. The Morgan fingerprint density at radius 1 is 1.50 bits per heavy atom. The molecule has 0 aliphatic carbocycles. The van der Waals surface area contributed by atoms with Gasteiger partial charge in [0, 0.05) is 32.4 Å². The van der Waals surface area contributed by atoms with Crippen LogP contribution in [0.2, 0.25) is 0 Å². The van der Waals surface area contributed by atoms with Crippen LogP contribution in [0, 0.1) is 19.8 Å². The summed E-state index contributed by atoms with van der Waals surface area (Å²) in [6.45, 7) is 5.38. The normalized spacial score (nSPS) is 20.2. The quantitative estimate of drug-likeness (QED) is 0.849. The van der Waals surface area contributed by atoms with Gasteiger partial charge in [-0.05, 0) is 32.6 Å². The monoisotopic (exact) mass is 251 g/mol. The number of hydrogen-bond donors (Lipinski definition) is 1. The van der Waals surface area contributed by atoms with Crippen molar-refractivity contribution in [2.75, 3.05) is 19.7 Å². The second kappa shape index (κ2) is 5.10. The maximum Gasteiger partial charge on any atom is 0.257 e. The molecule has 0 saturated carbocycles. The van der Waals surface area contributed by atoms with Crippen molar-refractivity contribution in [3.63, 3.8) is 0 Å². The summed E-state index contributed by atoms with van der Waals surface area (Å²) in [5.74, 6) is 0.274. The van der Waals surface area contributed by atoms with Gasteiger partial charge in [0.1, 0.15) is 0 Å². The fourth-order valence-corrected chi connectivity index (χ4v) is 2.64. The first kappa shape index (κ1) is 13.1. The zero-order chi connectivity index (χ0) is 13.3. The first-order valence-electron chi connectivity index (χ1n) is 6.45. The van der Waals surface area contributed by atoms with E-state index in [9.17, 15) is 9.90 Å². The molecule has 1 N–H and O–H groups in total. The Labute approximate surface area is 107 Å². The first-order chi connectivity index (χ1) is 8.54. The zero-order valence-corrected chi connectivity index (χ0v) is 11.3. The minimum atomic E-state index is 0.0521. The maximum absolute atomic E-state index is 12.5. The maximum atomic E-state index is 12.5. The van der Waals surface area contributed by atoms with E-state index in [4.69, 9.17) is 0 Å². The zero-order valence-electron chi connectivity index (χ0n) is 11.3. The van der Waals surface area contributed by atoms with E-state index in [2.05, 4.69) is 5.10 Å². The highest BCUT2D eigenvalue weighted by atomic mass is 16.3. The van der Waals surface area contributed by atoms with Crippen molar-refractivity contribution < 1.29 is 9.90 Å². The van der Waals surface area contributed by atoms with Crippen LogP contribution in [-0.4, -0.2) is 45.4 Å². The number of piperidine rings is 1. The van der Waals surface area contributed by atoms with Crippen LogP contribution in [-0.2, 0) is 7.05 Å². The Morgan fingerprint density at radius 2 is 2.22 bits per heavy atom. The molecule has 1 fully saturated rings. The number of rotatable bonds is 2. The van der Waals surface area contributed by atoms with Gasteiger partial charge in [-0.1, -0.05) is 0 Å². The summed E-state index contributed by atoms with van der Waals surface area (Å²) in [5, 5.41) is 13.5. The lowest BCUT2D eigenvalue weighted by Gasteiger charge is -2.32. The van der Waals surface area contributed by atoms with Gasteiger partial charge < -0.3 is 10.0 Å². The van der Waals surface area contributed by atoms with E-state index in [1.807, 2.05) is 25.8 Å². The van der Waals surface area contributed by atoms with E-state index in [1.54, 1.807) is 4.68 Å². The lowest BCUT2D eigenvalue weighted by molar-refractivity contribution is 0.0619. The van der Waals surface area contributed by atoms with Gasteiger partial charge in [-0.2, -0.15) is 5.10 Å². The second-order valence-electron chi connectivity index (χ2n) is 5.11. The van der Waals surface area contributed by atoms with Gasteiger partial charge in [0.2, 0.25) is 0 Å². The number of likely N-dealkylation sites (tertiary alicyclic amines) is 1. The van der Waals surface area contributed by atoms with Crippen LogP contribution < -0.4 is 0 Å². The van der Waals surface area contributed by atoms with Crippen LogP contribution in [0.25, 0.3) is 0 Å². The molecule has 0 spiro atoms. The van der Waals surface area contributed by atoms with Gasteiger partial charge >= 0.3 is 0 Å². The summed E-state index contributed by atoms with van der Waals surface area (Å²) in [7, 11) is 1.85. The Kier molecular flexibility index (Phi) is 3.71. The number of nitrogens with zero attached hydrogens (tertiary/aromatic N) is 3. The molecule has 1 amide bonds. The molecule has 0 bridgehead atoms. The van der Waals surface area contributed by atoms with Crippen LogP contribution in [0.3, 0.4) is 0 Å². The summed E-state index contributed by atoms with van der Waals surface area (Å²) in [6, 6.07) is 0. The lowest BCUT2D eigenvalue weighted by Crippen LogP contribution is -2.41. The van der Waals surface area contributed by atoms with Gasteiger partial charge in [0.05, 0.1) is 11.3 Å². The number of hydrogen-bond acceptors (Lipinski definition) is 3. The standard InChI is InChI=1S/C13H21N3O2/c1-9-12(10(2)15(3)14-9)13(18)16-6-4-5-11(7-16)8-17/h11,17H,4-8H2,1-3H3. The van der Waals surface area contributed by atoms with Crippen LogP contribution in [0.15, 0.2) is 0 Å². The second-order valence-corrected chi connectivity index (χ2v) is 5.11. The molecular weight excluding hydrogens is 230 g/mol. The van der Waals surface area contributed by atoms with Crippen molar-refractivity contribution >= 4 is 5.91 Å². The van der Waals surface area contributed by atoms with Crippen molar-refractivity contribution in [1.29, 1.82) is 0 Å². The molecule has 5 nitrogen and oxygen atoms in total. The number of aryl methyl sites for hydroxylation is 2. The van der Waals surface area contributed by atoms with Gasteiger partial charge in [0.25, 0.3) is 5.91 Å². The van der Waals surface area contributed by atoms with Crippen LogP contribution in [0.5, 0.6) is 0 Å². The van der Waals surface area contributed by atoms with Crippen LogP contribution in [0.1, 0.15) is 34.6 Å². The topological polar surface area (TPSA) is 58.4 Å².